The summed E-state index contributed by atoms with van der Waals surface area (Å²) in [7, 11) is 0. The van der Waals surface area contributed by atoms with Crippen LogP contribution in [0.5, 0.6) is 0 Å². The van der Waals surface area contributed by atoms with Crippen molar-refractivity contribution in [1.29, 1.82) is 0 Å². The molecule has 4 heteroatoms. The monoisotopic (exact) mass is 286 g/mol. The molecule has 0 aliphatic carbocycles. The van der Waals surface area contributed by atoms with Gasteiger partial charge < -0.3 is 10.2 Å². The van der Waals surface area contributed by atoms with E-state index in [0.29, 0.717) is 16.1 Å². The van der Waals surface area contributed by atoms with Gasteiger partial charge in [0.2, 0.25) is 0 Å². The van der Waals surface area contributed by atoms with Crippen molar-refractivity contribution in [2.24, 2.45) is 0 Å². The third-order valence-electron chi connectivity index (χ3n) is 3.42. The molecule has 0 radical (unpaired) electrons. The zero-order valence-electron chi connectivity index (χ0n) is 10.8. The number of nitrogens with zero attached hydrogens (tertiary/aromatic N) is 1. The molecule has 0 amide bonds. The lowest BCUT2D eigenvalue weighted by atomic mass is 10.0. The lowest BCUT2D eigenvalue weighted by Crippen LogP contribution is -2.39. The summed E-state index contributed by atoms with van der Waals surface area (Å²) in [6.07, 6.45) is 3.60. The molecule has 18 heavy (non-hydrogen) atoms. The predicted molar refractivity (Wildman–Crippen MR) is 79.8 cm³/mol. The second kappa shape index (κ2) is 6.65. The Hall–Kier alpha value is -0.440. The molecule has 1 heterocycles. The Balaban J connectivity index is 1.87. The summed E-state index contributed by atoms with van der Waals surface area (Å²) in [4.78, 5) is 2.53. The fourth-order valence-electron chi connectivity index (χ4n) is 2.44. The van der Waals surface area contributed by atoms with Crippen LogP contribution in [0.4, 0.5) is 5.69 Å². The summed E-state index contributed by atoms with van der Waals surface area (Å²) in [5.74, 6) is 0. The Morgan fingerprint density at radius 1 is 1.28 bits per heavy atom. The molecule has 0 aromatic heterocycles. The van der Waals surface area contributed by atoms with Gasteiger partial charge in [-0.2, -0.15) is 0 Å². The van der Waals surface area contributed by atoms with E-state index in [1.165, 1.54) is 38.9 Å². The second-order valence-electron chi connectivity index (χ2n) is 4.88. The number of rotatable bonds is 4. The van der Waals surface area contributed by atoms with Crippen LogP contribution in [0.25, 0.3) is 0 Å². The van der Waals surface area contributed by atoms with Crippen LogP contribution >= 0.6 is 23.2 Å². The number of hydrogen-bond acceptors (Lipinski definition) is 2. The highest BCUT2D eigenvalue weighted by molar-refractivity contribution is 6.36. The Kier molecular flexibility index (Phi) is 5.16. The van der Waals surface area contributed by atoms with Crippen molar-refractivity contribution in [2.45, 2.75) is 32.2 Å². The van der Waals surface area contributed by atoms with Crippen LogP contribution in [0.2, 0.25) is 10.0 Å². The summed E-state index contributed by atoms with van der Waals surface area (Å²) in [6, 6.07) is 6.15. The van der Waals surface area contributed by atoms with Crippen molar-refractivity contribution in [3.05, 3.63) is 28.2 Å². The van der Waals surface area contributed by atoms with E-state index in [1.807, 2.05) is 12.1 Å². The third-order valence-corrected chi connectivity index (χ3v) is 3.97. The predicted octanol–water partition coefficient (Wildman–Crippen LogP) is 4.28. The average molecular weight is 287 g/mol. The van der Waals surface area contributed by atoms with Gasteiger partial charge >= 0.3 is 0 Å². The molecule has 1 fully saturated rings. The third kappa shape index (κ3) is 3.78. The van der Waals surface area contributed by atoms with Gasteiger partial charge in [0.15, 0.2) is 0 Å². The summed E-state index contributed by atoms with van der Waals surface area (Å²) in [6.45, 7) is 5.81. The molecule has 100 valence electrons. The van der Waals surface area contributed by atoms with E-state index in [9.17, 15) is 0 Å². The Bertz CT molecular complexity index is 387. The van der Waals surface area contributed by atoms with Gasteiger partial charge in [-0.1, -0.05) is 30.1 Å². The number of piperidine rings is 1. The standard InChI is InChI=1S/C14H20Cl2N2/c1-2-7-18-8-5-12(6-9-18)17-14-4-3-11(15)10-13(14)16/h3-4,10,12,17H,2,5-9H2,1H3. The van der Waals surface area contributed by atoms with Crippen LogP contribution in [-0.2, 0) is 0 Å². The Labute approximate surface area is 119 Å². The molecule has 0 spiro atoms. The van der Waals surface area contributed by atoms with Gasteiger partial charge in [0, 0.05) is 24.2 Å². The quantitative estimate of drug-likeness (QED) is 0.889. The molecular formula is C14H20Cl2N2. The number of anilines is 1. The van der Waals surface area contributed by atoms with Gasteiger partial charge in [0.25, 0.3) is 0 Å². The molecule has 1 aliphatic rings. The van der Waals surface area contributed by atoms with Gasteiger partial charge in [-0.15, -0.1) is 0 Å². The minimum Gasteiger partial charge on any atom is -0.381 e. The molecular weight excluding hydrogens is 267 g/mol. The minimum absolute atomic E-state index is 0.525. The van der Waals surface area contributed by atoms with Gasteiger partial charge in [-0.25, -0.2) is 0 Å². The molecule has 2 nitrogen and oxygen atoms in total. The van der Waals surface area contributed by atoms with Crippen LogP contribution in [0.1, 0.15) is 26.2 Å². The van der Waals surface area contributed by atoms with Gasteiger partial charge in [-0.05, 0) is 44.0 Å². The fraction of sp³-hybridized carbons (Fsp3) is 0.571. The van der Waals surface area contributed by atoms with E-state index in [-0.39, 0.29) is 0 Å². The highest BCUT2D eigenvalue weighted by Gasteiger charge is 2.18. The normalized spacial score (nSPS) is 17.9. The molecule has 2 rings (SSSR count). The summed E-state index contributed by atoms with van der Waals surface area (Å²) in [5, 5.41) is 4.91. The molecule has 1 N–H and O–H groups in total. The van der Waals surface area contributed by atoms with Crippen LogP contribution in [-0.4, -0.2) is 30.6 Å². The molecule has 1 aromatic rings. The average Bonchev–Trinajstić information content (AvgIpc) is 2.35. The molecule has 0 bridgehead atoms. The molecule has 0 saturated carbocycles. The van der Waals surface area contributed by atoms with Crippen LogP contribution in [0.15, 0.2) is 18.2 Å². The van der Waals surface area contributed by atoms with Gasteiger partial charge in [-0.3, -0.25) is 0 Å². The maximum atomic E-state index is 6.17. The maximum absolute atomic E-state index is 6.17. The summed E-state index contributed by atoms with van der Waals surface area (Å²) in [5.41, 5.74) is 0.995. The molecule has 0 atom stereocenters. The van der Waals surface area contributed by atoms with Crippen LogP contribution in [0, 0.1) is 0 Å². The first kappa shape index (κ1) is 14.0. The molecule has 1 aromatic carbocycles. The van der Waals surface area contributed by atoms with E-state index >= 15 is 0 Å². The highest BCUT2D eigenvalue weighted by Crippen LogP contribution is 2.27. The lowest BCUT2D eigenvalue weighted by molar-refractivity contribution is 0.219. The summed E-state index contributed by atoms with van der Waals surface area (Å²) < 4.78 is 0. The first-order chi connectivity index (χ1) is 8.69. The van der Waals surface area contributed by atoms with E-state index in [1.54, 1.807) is 6.07 Å². The topological polar surface area (TPSA) is 15.3 Å². The Morgan fingerprint density at radius 2 is 2.00 bits per heavy atom. The van der Waals surface area contributed by atoms with Gasteiger partial charge in [0.1, 0.15) is 0 Å². The van der Waals surface area contributed by atoms with E-state index in [4.69, 9.17) is 23.2 Å². The first-order valence-electron chi connectivity index (χ1n) is 6.63. The number of benzene rings is 1. The second-order valence-corrected chi connectivity index (χ2v) is 5.73. The highest BCUT2D eigenvalue weighted by atomic mass is 35.5. The maximum Gasteiger partial charge on any atom is 0.0652 e. The van der Waals surface area contributed by atoms with Crippen molar-refractivity contribution in [1.82, 2.24) is 4.90 Å². The van der Waals surface area contributed by atoms with Crippen molar-refractivity contribution >= 4 is 28.9 Å². The molecule has 1 aliphatic heterocycles. The SMILES string of the molecule is CCCN1CCC(Nc2ccc(Cl)cc2Cl)CC1. The van der Waals surface area contributed by atoms with Crippen molar-refractivity contribution in [3.63, 3.8) is 0 Å². The first-order valence-corrected chi connectivity index (χ1v) is 7.38. The lowest BCUT2D eigenvalue weighted by Gasteiger charge is -2.32. The van der Waals surface area contributed by atoms with E-state index < -0.39 is 0 Å². The fourth-order valence-corrected chi connectivity index (χ4v) is 2.91. The zero-order chi connectivity index (χ0) is 13.0. The number of halogens is 2. The number of nitrogens with one attached hydrogen (secondary N) is 1. The molecule has 1 saturated heterocycles. The van der Waals surface area contributed by atoms with E-state index in [0.717, 1.165) is 5.69 Å². The Morgan fingerprint density at radius 3 is 2.61 bits per heavy atom. The number of likely N-dealkylation sites (tertiary alicyclic amines) is 1. The van der Waals surface area contributed by atoms with E-state index in [2.05, 4.69) is 17.1 Å². The molecule has 0 unspecified atom stereocenters. The van der Waals surface area contributed by atoms with Crippen LogP contribution in [0.3, 0.4) is 0 Å². The van der Waals surface area contributed by atoms with Crippen molar-refractivity contribution in [3.8, 4) is 0 Å². The smallest absolute Gasteiger partial charge is 0.0652 e. The van der Waals surface area contributed by atoms with Crippen molar-refractivity contribution < 1.29 is 0 Å². The largest absolute Gasteiger partial charge is 0.381 e. The van der Waals surface area contributed by atoms with Crippen molar-refractivity contribution in [2.75, 3.05) is 25.0 Å². The summed E-state index contributed by atoms with van der Waals surface area (Å²) >= 11 is 12.1. The van der Waals surface area contributed by atoms with Gasteiger partial charge in [0.05, 0.1) is 10.7 Å². The minimum atomic E-state index is 0.525. The number of hydrogen-bond donors (Lipinski definition) is 1. The van der Waals surface area contributed by atoms with Crippen LogP contribution < -0.4 is 5.32 Å². The zero-order valence-corrected chi connectivity index (χ0v) is 12.3.